The molecule has 1 fully saturated rings. The number of benzene rings is 1. The van der Waals surface area contributed by atoms with Gasteiger partial charge in [-0.2, -0.15) is 0 Å². The average molecular weight is 272 g/mol. The Morgan fingerprint density at radius 2 is 1.75 bits per heavy atom. The molecule has 1 amide bonds. The van der Waals surface area contributed by atoms with E-state index >= 15 is 0 Å². The number of carbonyl (C=O) groups is 1. The number of piperidine rings is 1. The second kappa shape index (κ2) is 4.59. The molecule has 3 heteroatoms. The van der Waals surface area contributed by atoms with Crippen LogP contribution in [0.4, 0.5) is 0 Å². The molecule has 1 aliphatic carbocycles. The molecule has 2 aliphatic rings. The minimum absolute atomic E-state index is 0.197. The molecule has 0 aromatic heterocycles. The quantitative estimate of drug-likeness (QED) is 0.848. The molecule has 1 spiro atoms. The smallest absolute Gasteiger partial charge is 0.232 e. The van der Waals surface area contributed by atoms with Gasteiger partial charge in [-0.25, -0.2) is 0 Å². The van der Waals surface area contributed by atoms with Crippen molar-refractivity contribution in [2.75, 3.05) is 27.2 Å². The zero-order valence-electron chi connectivity index (χ0n) is 12.7. The highest BCUT2D eigenvalue weighted by Crippen LogP contribution is 2.54. The molecule has 20 heavy (non-hydrogen) atoms. The number of fused-ring (bicyclic) bond motifs is 2. The van der Waals surface area contributed by atoms with Crippen molar-refractivity contribution >= 4 is 5.91 Å². The van der Waals surface area contributed by atoms with Crippen LogP contribution in [0.2, 0.25) is 0 Å². The molecule has 1 N–H and O–H groups in total. The Kier molecular flexibility index (Phi) is 3.13. The summed E-state index contributed by atoms with van der Waals surface area (Å²) in [5.74, 6) is 0.236. The van der Waals surface area contributed by atoms with Gasteiger partial charge in [0, 0.05) is 14.1 Å². The Balaban J connectivity index is 2.11. The van der Waals surface area contributed by atoms with Gasteiger partial charge in [0.05, 0.1) is 5.41 Å². The highest BCUT2D eigenvalue weighted by molar-refractivity contribution is 5.89. The van der Waals surface area contributed by atoms with Crippen LogP contribution < -0.4 is 5.32 Å². The second-order valence-electron chi connectivity index (χ2n) is 6.78. The summed E-state index contributed by atoms with van der Waals surface area (Å²) in [7, 11) is 3.73. The van der Waals surface area contributed by atoms with Crippen molar-refractivity contribution in [1.29, 1.82) is 0 Å². The number of carbonyl (C=O) groups excluding carboxylic acids is 1. The first-order chi connectivity index (χ1) is 9.50. The maximum Gasteiger partial charge on any atom is 0.232 e. The van der Waals surface area contributed by atoms with E-state index in [0.717, 1.165) is 32.4 Å². The van der Waals surface area contributed by atoms with E-state index in [4.69, 9.17) is 0 Å². The molecule has 1 heterocycles. The molecule has 0 bridgehead atoms. The molecule has 3 rings (SSSR count). The molecular formula is C17H24N2O. The fourth-order valence-electron chi connectivity index (χ4n) is 4.33. The highest BCUT2D eigenvalue weighted by atomic mass is 16.2. The van der Waals surface area contributed by atoms with Crippen molar-refractivity contribution < 1.29 is 4.79 Å². The summed E-state index contributed by atoms with van der Waals surface area (Å²) in [6, 6.07) is 8.59. The van der Waals surface area contributed by atoms with Crippen molar-refractivity contribution in [2.45, 2.75) is 37.0 Å². The third kappa shape index (κ3) is 1.80. The first kappa shape index (κ1) is 13.6. The molecule has 1 aromatic rings. The molecule has 1 unspecified atom stereocenters. The Hall–Kier alpha value is -1.35. The van der Waals surface area contributed by atoms with Crippen molar-refractivity contribution in [3.63, 3.8) is 0 Å². The van der Waals surface area contributed by atoms with E-state index in [1.165, 1.54) is 11.1 Å². The lowest BCUT2D eigenvalue weighted by atomic mass is 9.71. The number of amides is 1. The lowest BCUT2D eigenvalue weighted by Gasteiger charge is -2.37. The monoisotopic (exact) mass is 272 g/mol. The van der Waals surface area contributed by atoms with Crippen LogP contribution in [-0.2, 0) is 15.6 Å². The van der Waals surface area contributed by atoms with Gasteiger partial charge in [-0.05, 0) is 55.8 Å². The first-order valence-corrected chi connectivity index (χ1v) is 7.52. The fraction of sp³-hybridized carbons (Fsp3) is 0.588. The van der Waals surface area contributed by atoms with Gasteiger partial charge in [0.2, 0.25) is 5.91 Å². The second-order valence-corrected chi connectivity index (χ2v) is 6.78. The van der Waals surface area contributed by atoms with Crippen LogP contribution in [0.5, 0.6) is 0 Å². The SMILES string of the molecule is CN(C)C(=O)C1(C)CC2(CCNCC2)c2ccccc21. The zero-order valence-corrected chi connectivity index (χ0v) is 12.7. The largest absolute Gasteiger partial charge is 0.348 e. The number of hydrogen-bond donors (Lipinski definition) is 1. The number of nitrogens with one attached hydrogen (secondary N) is 1. The fourth-order valence-corrected chi connectivity index (χ4v) is 4.33. The molecule has 3 nitrogen and oxygen atoms in total. The Morgan fingerprint density at radius 1 is 1.15 bits per heavy atom. The summed E-state index contributed by atoms with van der Waals surface area (Å²) in [5.41, 5.74) is 2.50. The minimum atomic E-state index is -0.364. The van der Waals surface area contributed by atoms with Crippen LogP contribution >= 0.6 is 0 Å². The van der Waals surface area contributed by atoms with E-state index in [9.17, 15) is 4.79 Å². The summed E-state index contributed by atoms with van der Waals surface area (Å²) in [6.45, 7) is 4.24. The van der Waals surface area contributed by atoms with E-state index < -0.39 is 0 Å². The Bertz CT molecular complexity index is 532. The normalized spacial score (nSPS) is 27.4. The molecule has 0 saturated carbocycles. The number of hydrogen-bond acceptors (Lipinski definition) is 2. The van der Waals surface area contributed by atoms with Crippen LogP contribution in [0, 0.1) is 0 Å². The van der Waals surface area contributed by atoms with Crippen molar-refractivity contribution in [3.8, 4) is 0 Å². The average Bonchev–Trinajstić information content (AvgIpc) is 2.70. The maximum atomic E-state index is 12.8. The predicted octanol–water partition coefficient (Wildman–Crippen LogP) is 2.06. The lowest BCUT2D eigenvalue weighted by Crippen LogP contribution is -2.44. The summed E-state index contributed by atoms with van der Waals surface area (Å²) >= 11 is 0. The van der Waals surface area contributed by atoms with Gasteiger partial charge in [0.15, 0.2) is 0 Å². The van der Waals surface area contributed by atoms with E-state index in [-0.39, 0.29) is 16.7 Å². The lowest BCUT2D eigenvalue weighted by molar-refractivity contribution is -0.134. The minimum Gasteiger partial charge on any atom is -0.348 e. The van der Waals surface area contributed by atoms with Gasteiger partial charge in [-0.3, -0.25) is 4.79 Å². The van der Waals surface area contributed by atoms with Gasteiger partial charge in [-0.15, -0.1) is 0 Å². The van der Waals surface area contributed by atoms with Gasteiger partial charge in [0.1, 0.15) is 0 Å². The number of likely N-dealkylation sites (N-methyl/N-ethyl adjacent to an activating group) is 1. The van der Waals surface area contributed by atoms with E-state index in [0.29, 0.717) is 0 Å². The Morgan fingerprint density at radius 3 is 2.35 bits per heavy atom. The summed E-state index contributed by atoms with van der Waals surface area (Å²) in [4.78, 5) is 14.5. The van der Waals surface area contributed by atoms with Gasteiger partial charge < -0.3 is 10.2 Å². The van der Waals surface area contributed by atoms with Crippen molar-refractivity contribution in [3.05, 3.63) is 35.4 Å². The van der Waals surface area contributed by atoms with E-state index in [1.807, 2.05) is 14.1 Å². The number of nitrogens with zero attached hydrogens (tertiary/aromatic N) is 1. The van der Waals surface area contributed by atoms with E-state index in [2.05, 4.69) is 36.5 Å². The maximum absolute atomic E-state index is 12.8. The predicted molar refractivity (Wildman–Crippen MR) is 80.9 cm³/mol. The third-order valence-electron chi connectivity index (χ3n) is 5.22. The first-order valence-electron chi connectivity index (χ1n) is 7.52. The van der Waals surface area contributed by atoms with Crippen LogP contribution in [0.3, 0.4) is 0 Å². The molecule has 1 aromatic carbocycles. The highest BCUT2D eigenvalue weighted by Gasteiger charge is 2.53. The van der Waals surface area contributed by atoms with Crippen molar-refractivity contribution in [1.82, 2.24) is 10.2 Å². The molecular weight excluding hydrogens is 248 g/mol. The van der Waals surface area contributed by atoms with Gasteiger partial charge >= 0.3 is 0 Å². The summed E-state index contributed by atoms with van der Waals surface area (Å²) < 4.78 is 0. The van der Waals surface area contributed by atoms with Gasteiger partial charge in [-0.1, -0.05) is 24.3 Å². The van der Waals surface area contributed by atoms with E-state index in [1.54, 1.807) is 4.90 Å². The zero-order chi connectivity index (χ0) is 14.4. The van der Waals surface area contributed by atoms with Gasteiger partial charge in [0.25, 0.3) is 0 Å². The molecule has 108 valence electrons. The molecule has 0 radical (unpaired) electrons. The number of rotatable bonds is 1. The molecule has 1 saturated heterocycles. The van der Waals surface area contributed by atoms with Crippen LogP contribution in [0.1, 0.15) is 37.3 Å². The molecule has 1 aliphatic heterocycles. The van der Waals surface area contributed by atoms with Crippen LogP contribution in [-0.4, -0.2) is 38.0 Å². The van der Waals surface area contributed by atoms with Crippen LogP contribution in [0.15, 0.2) is 24.3 Å². The molecule has 1 atom stereocenters. The van der Waals surface area contributed by atoms with Crippen LogP contribution in [0.25, 0.3) is 0 Å². The third-order valence-corrected chi connectivity index (χ3v) is 5.22. The Labute approximate surface area is 121 Å². The summed E-state index contributed by atoms with van der Waals surface area (Å²) in [5, 5.41) is 3.45. The van der Waals surface area contributed by atoms with Crippen molar-refractivity contribution in [2.24, 2.45) is 0 Å². The topological polar surface area (TPSA) is 32.3 Å². The summed E-state index contributed by atoms with van der Waals surface area (Å²) in [6.07, 6.45) is 3.23. The standard InChI is InChI=1S/C17H24N2O/c1-16(15(20)19(2)3)12-17(8-10-18-11-9-17)14-7-5-4-6-13(14)16/h4-7,18H,8-12H2,1-3H3.